The minimum Gasteiger partial charge on any atom is -0.363 e. The van der Waals surface area contributed by atoms with Crippen molar-refractivity contribution in [2.24, 2.45) is 0 Å². The first-order valence-corrected chi connectivity index (χ1v) is 4.65. The van der Waals surface area contributed by atoms with Gasteiger partial charge in [0.1, 0.15) is 0 Å². The zero-order valence-corrected chi connectivity index (χ0v) is 8.29. The molecule has 84 valence electrons. The Morgan fingerprint density at radius 2 is 2.13 bits per heavy atom. The highest BCUT2D eigenvalue weighted by Gasteiger charge is 2.42. The molecule has 0 amide bonds. The molecule has 1 heterocycles. The molecule has 1 rings (SSSR count). The minimum absolute atomic E-state index is 0.0702. The van der Waals surface area contributed by atoms with Crippen molar-refractivity contribution >= 4 is 0 Å². The van der Waals surface area contributed by atoms with Gasteiger partial charge >= 0.3 is 6.18 Å². The van der Waals surface area contributed by atoms with E-state index in [1.54, 1.807) is 13.0 Å². The predicted molar refractivity (Wildman–Crippen MR) is 49.3 cm³/mol. The Kier molecular flexibility index (Phi) is 4.08. The Morgan fingerprint density at radius 1 is 1.40 bits per heavy atom. The van der Waals surface area contributed by atoms with E-state index in [2.05, 4.69) is 4.98 Å². The Labute approximate surface area is 86.1 Å². The SMILES string of the molecule is CCCOC(c1ccccn1)C(F)(F)F. The minimum atomic E-state index is -4.41. The summed E-state index contributed by atoms with van der Waals surface area (Å²) < 4.78 is 42.4. The second-order valence-corrected chi connectivity index (χ2v) is 3.05. The van der Waals surface area contributed by atoms with Gasteiger partial charge in [-0.3, -0.25) is 4.98 Å². The molecule has 1 aromatic heterocycles. The lowest BCUT2D eigenvalue weighted by molar-refractivity contribution is -0.225. The van der Waals surface area contributed by atoms with Gasteiger partial charge in [0, 0.05) is 12.8 Å². The molecule has 5 heteroatoms. The van der Waals surface area contributed by atoms with E-state index in [-0.39, 0.29) is 12.3 Å². The monoisotopic (exact) mass is 219 g/mol. The van der Waals surface area contributed by atoms with Gasteiger partial charge in [0.2, 0.25) is 0 Å². The molecule has 2 nitrogen and oxygen atoms in total. The molecule has 0 aliphatic rings. The third kappa shape index (κ3) is 3.51. The van der Waals surface area contributed by atoms with E-state index in [1.165, 1.54) is 18.3 Å². The van der Waals surface area contributed by atoms with Gasteiger partial charge in [-0.25, -0.2) is 0 Å². The van der Waals surface area contributed by atoms with Gasteiger partial charge in [-0.05, 0) is 18.6 Å². The molecule has 1 atom stereocenters. The van der Waals surface area contributed by atoms with Crippen LogP contribution in [0.5, 0.6) is 0 Å². The van der Waals surface area contributed by atoms with Crippen LogP contribution in [-0.4, -0.2) is 17.8 Å². The quantitative estimate of drug-likeness (QED) is 0.776. The van der Waals surface area contributed by atoms with Crippen molar-refractivity contribution in [3.05, 3.63) is 30.1 Å². The average Bonchev–Trinajstić information content (AvgIpc) is 2.18. The number of alkyl halides is 3. The van der Waals surface area contributed by atoms with E-state index < -0.39 is 12.3 Å². The summed E-state index contributed by atoms with van der Waals surface area (Å²) in [6, 6.07) is 4.39. The molecule has 0 saturated carbocycles. The Morgan fingerprint density at radius 3 is 2.60 bits per heavy atom. The first-order valence-electron chi connectivity index (χ1n) is 4.65. The third-order valence-corrected chi connectivity index (χ3v) is 1.74. The summed E-state index contributed by atoms with van der Waals surface area (Å²) in [6.45, 7) is 1.83. The van der Waals surface area contributed by atoms with Crippen molar-refractivity contribution in [3.8, 4) is 0 Å². The highest BCUT2D eigenvalue weighted by atomic mass is 19.4. The standard InChI is InChI=1S/C10H12F3NO/c1-2-7-15-9(10(11,12)13)8-5-3-4-6-14-8/h3-6,9H,2,7H2,1H3. The average molecular weight is 219 g/mol. The van der Waals surface area contributed by atoms with Gasteiger partial charge < -0.3 is 4.74 Å². The van der Waals surface area contributed by atoms with E-state index >= 15 is 0 Å². The fourth-order valence-corrected chi connectivity index (χ4v) is 1.11. The fraction of sp³-hybridized carbons (Fsp3) is 0.500. The second-order valence-electron chi connectivity index (χ2n) is 3.05. The third-order valence-electron chi connectivity index (χ3n) is 1.74. The van der Waals surface area contributed by atoms with Crippen molar-refractivity contribution < 1.29 is 17.9 Å². The maximum atomic E-state index is 12.6. The van der Waals surface area contributed by atoms with Gasteiger partial charge in [-0.2, -0.15) is 13.2 Å². The van der Waals surface area contributed by atoms with E-state index in [4.69, 9.17) is 4.74 Å². The van der Waals surface area contributed by atoms with E-state index in [0.29, 0.717) is 6.42 Å². The number of pyridine rings is 1. The maximum absolute atomic E-state index is 12.6. The van der Waals surface area contributed by atoms with E-state index in [1.807, 2.05) is 0 Å². The van der Waals surface area contributed by atoms with Gasteiger partial charge in [0.25, 0.3) is 0 Å². The van der Waals surface area contributed by atoms with Crippen LogP contribution in [0.25, 0.3) is 0 Å². The Balaban J connectivity index is 2.82. The van der Waals surface area contributed by atoms with E-state index in [0.717, 1.165) is 0 Å². The summed E-state index contributed by atoms with van der Waals surface area (Å²) in [7, 11) is 0. The normalized spacial score (nSPS) is 13.9. The highest BCUT2D eigenvalue weighted by molar-refractivity contribution is 5.08. The summed E-state index contributed by atoms with van der Waals surface area (Å²) in [5.41, 5.74) is -0.0987. The lowest BCUT2D eigenvalue weighted by Gasteiger charge is -2.19. The van der Waals surface area contributed by atoms with Gasteiger partial charge in [0.15, 0.2) is 6.10 Å². The number of ether oxygens (including phenoxy) is 1. The largest absolute Gasteiger partial charge is 0.420 e. The Bertz CT molecular complexity index is 286. The van der Waals surface area contributed by atoms with Crippen molar-refractivity contribution in [2.45, 2.75) is 25.6 Å². The molecule has 0 spiro atoms. The van der Waals surface area contributed by atoms with Crippen LogP contribution in [0, 0.1) is 0 Å². The van der Waals surface area contributed by atoms with Crippen LogP contribution in [0.15, 0.2) is 24.4 Å². The van der Waals surface area contributed by atoms with Crippen LogP contribution in [0.4, 0.5) is 13.2 Å². The van der Waals surface area contributed by atoms with Crippen LogP contribution in [0.2, 0.25) is 0 Å². The number of nitrogens with zero attached hydrogens (tertiary/aromatic N) is 1. The van der Waals surface area contributed by atoms with Crippen LogP contribution in [0.1, 0.15) is 25.1 Å². The van der Waals surface area contributed by atoms with Crippen molar-refractivity contribution in [3.63, 3.8) is 0 Å². The molecule has 0 aromatic carbocycles. The summed E-state index contributed by atoms with van der Waals surface area (Å²) in [5, 5.41) is 0. The topological polar surface area (TPSA) is 22.1 Å². The molecular formula is C10H12F3NO. The molecular weight excluding hydrogens is 207 g/mol. The summed E-state index contributed by atoms with van der Waals surface area (Å²) in [5.74, 6) is 0. The molecule has 0 fully saturated rings. The number of rotatable bonds is 4. The predicted octanol–water partition coefficient (Wildman–Crippen LogP) is 3.11. The molecule has 0 radical (unpaired) electrons. The van der Waals surface area contributed by atoms with Crippen molar-refractivity contribution in [2.75, 3.05) is 6.61 Å². The second kappa shape index (κ2) is 5.11. The molecule has 0 N–H and O–H groups in total. The smallest absolute Gasteiger partial charge is 0.363 e. The summed E-state index contributed by atoms with van der Waals surface area (Å²) in [4.78, 5) is 3.65. The lowest BCUT2D eigenvalue weighted by Crippen LogP contribution is -2.24. The molecule has 15 heavy (non-hydrogen) atoms. The van der Waals surface area contributed by atoms with Crippen LogP contribution < -0.4 is 0 Å². The molecule has 0 aliphatic heterocycles. The summed E-state index contributed by atoms with van der Waals surface area (Å²) in [6.07, 6.45) is -4.47. The van der Waals surface area contributed by atoms with Crippen LogP contribution in [-0.2, 0) is 4.74 Å². The van der Waals surface area contributed by atoms with Gasteiger partial charge in [0.05, 0.1) is 5.69 Å². The number of halogens is 3. The number of hydrogen-bond acceptors (Lipinski definition) is 2. The first-order chi connectivity index (χ1) is 7.05. The van der Waals surface area contributed by atoms with E-state index in [9.17, 15) is 13.2 Å². The van der Waals surface area contributed by atoms with Crippen LogP contribution in [0.3, 0.4) is 0 Å². The van der Waals surface area contributed by atoms with Gasteiger partial charge in [-0.15, -0.1) is 0 Å². The molecule has 0 aliphatic carbocycles. The zero-order chi connectivity index (χ0) is 11.3. The van der Waals surface area contributed by atoms with Crippen molar-refractivity contribution in [1.82, 2.24) is 4.98 Å². The Hall–Kier alpha value is -1.10. The molecule has 1 aromatic rings. The first kappa shape index (κ1) is 12.0. The van der Waals surface area contributed by atoms with Crippen molar-refractivity contribution in [1.29, 1.82) is 0 Å². The van der Waals surface area contributed by atoms with Crippen LogP contribution >= 0.6 is 0 Å². The number of aromatic nitrogens is 1. The molecule has 0 bridgehead atoms. The maximum Gasteiger partial charge on any atom is 0.420 e. The highest BCUT2D eigenvalue weighted by Crippen LogP contribution is 2.34. The fourth-order valence-electron chi connectivity index (χ4n) is 1.11. The summed E-state index contributed by atoms with van der Waals surface area (Å²) >= 11 is 0. The zero-order valence-electron chi connectivity index (χ0n) is 8.29. The molecule has 1 unspecified atom stereocenters. The number of hydrogen-bond donors (Lipinski definition) is 0. The van der Waals surface area contributed by atoms with Gasteiger partial charge in [-0.1, -0.05) is 13.0 Å². The molecule has 0 saturated heterocycles. The lowest BCUT2D eigenvalue weighted by atomic mass is 10.2.